The van der Waals surface area contributed by atoms with Crippen molar-refractivity contribution >= 4 is 6.21 Å². The second-order valence-corrected chi connectivity index (χ2v) is 8.13. The van der Waals surface area contributed by atoms with E-state index in [1.807, 2.05) is 24.3 Å². The number of oxime groups is 1. The average Bonchev–Trinajstić information content (AvgIpc) is 2.48. The minimum Gasteiger partial charge on any atom is -0.457 e. The second-order valence-electron chi connectivity index (χ2n) is 8.13. The van der Waals surface area contributed by atoms with E-state index in [1.54, 1.807) is 0 Å². The summed E-state index contributed by atoms with van der Waals surface area (Å²) in [5.74, 6) is 1.64. The Balaban J connectivity index is 2.39. The Morgan fingerprint density at radius 3 is 2.00 bits per heavy atom. The molecule has 0 aliphatic carbocycles. The van der Waals surface area contributed by atoms with Gasteiger partial charge in [-0.05, 0) is 52.3 Å². The summed E-state index contributed by atoms with van der Waals surface area (Å²) in [6.45, 7) is 13.2. The fourth-order valence-electron chi connectivity index (χ4n) is 2.49. The fourth-order valence-corrected chi connectivity index (χ4v) is 2.49. The maximum atomic E-state index is 8.58. The van der Waals surface area contributed by atoms with Gasteiger partial charge in [0, 0.05) is 5.56 Å². The lowest BCUT2D eigenvalue weighted by Gasteiger charge is -2.27. The molecular formula is C21H27NO2. The predicted molar refractivity (Wildman–Crippen MR) is 99.7 cm³/mol. The zero-order chi connectivity index (χ0) is 18.0. The van der Waals surface area contributed by atoms with Gasteiger partial charge < -0.3 is 9.94 Å². The van der Waals surface area contributed by atoms with E-state index in [9.17, 15) is 0 Å². The fraction of sp³-hybridized carbons (Fsp3) is 0.381. The molecule has 0 aliphatic heterocycles. The molecule has 0 saturated carbocycles. The molecule has 0 amide bonds. The zero-order valence-electron chi connectivity index (χ0n) is 15.4. The van der Waals surface area contributed by atoms with E-state index in [4.69, 9.17) is 9.94 Å². The molecule has 0 radical (unpaired) electrons. The third-order valence-corrected chi connectivity index (χ3v) is 3.97. The summed E-state index contributed by atoms with van der Waals surface area (Å²) in [7, 11) is 0. The molecule has 3 nitrogen and oxygen atoms in total. The highest BCUT2D eigenvalue weighted by Gasteiger charge is 2.23. The first-order valence-corrected chi connectivity index (χ1v) is 8.21. The highest BCUT2D eigenvalue weighted by Crippen LogP contribution is 2.37. The van der Waals surface area contributed by atoms with Gasteiger partial charge in [0.15, 0.2) is 0 Å². The molecule has 0 atom stereocenters. The molecule has 2 rings (SSSR count). The molecule has 0 fully saturated rings. The van der Waals surface area contributed by atoms with Gasteiger partial charge in [-0.3, -0.25) is 0 Å². The van der Waals surface area contributed by atoms with Crippen molar-refractivity contribution in [3.63, 3.8) is 0 Å². The lowest BCUT2D eigenvalue weighted by molar-refractivity contribution is 0.322. The van der Waals surface area contributed by atoms with Crippen molar-refractivity contribution in [2.24, 2.45) is 5.16 Å². The van der Waals surface area contributed by atoms with Crippen molar-refractivity contribution in [1.29, 1.82) is 0 Å². The lowest BCUT2D eigenvalue weighted by atomic mass is 9.80. The van der Waals surface area contributed by atoms with Crippen LogP contribution in [-0.4, -0.2) is 11.4 Å². The van der Waals surface area contributed by atoms with E-state index in [0.29, 0.717) is 0 Å². The van der Waals surface area contributed by atoms with Crippen LogP contribution in [0.3, 0.4) is 0 Å². The Labute approximate surface area is 145 Å². The van der Waals surface area contributed by atoms with E-state index in [1.165, 1.54) is 17.3 Å². The number of hydrogen-bond donors (Lipinski definition) is 1. The van der Waals surface area contributed by atoms with Crippen LogP contribution in [0, 0.1) is 0 Å². The number of hydrogen-bond acceptors (Lipinski definition) is 3. The molecular weight excluding hydrogens is 298 g/mol. The molecule has 24 heavy (non-hydrogen) atoms. The minimum absolute atomic E-state index is 0.0138. The third-order valence-electron chi connectivity index (χ3n) is 3.97. The molecule has 0 bridgehead atoms. The van der Waals surface area contributed by atoms with E-state index in [-0.39, 0.29) is 10.8 Å². The van der Waals surface area contributed by atoms with Crippen molar-refractivity contribution in [2.75, 3.05) is 0 Å². The van der Waals surface area contributed by atoms with Gasteiger partial charge in [-0.15, -0.1) is 0 Å². The predicted octanol–water partition coefficient (Wildman–Crippen LogP) is 5.88. The van der Waals surface area contributed by atoms with Crippen LogP contribution in [0.5, 0.6) is 11.5 Å². The van der Waals surface area contributed by atoms with Crippen molar-refractivity contribution in [1.82, 2.24) is 0 Å². The van der Waals surface area contributed by atoms with Crippen molar-refractivity contribution in [3.8, 4) is 11.5 Å². The molecule has 0 aromatic heterocycles. The molecule has 1 N–H and O–H groups in total. The van der Waals surface area contributed by atoms with Crippen molar-refractivity contribution in [2.45, 2.75) is 52.4 Å². The SMILES string of the molecule is CC(C)(C)c1ccc(Oc2ccc(C=NO)cc2)c(C(C)(C)C)c1. The van der Waals surface area contributed by atoms with Gasteiger partial charge in [0.25, 0.3) is 0 Å². The van der Waals surface area contributed by atoms with Crippen LogP contribution in [-0.2, 0) is 10.8 Å². The summed E-state index contributed by atoms with van der Waals surface area (Å²) in [4.78, 5) is 0. The van der Waals surface area contributed by atoms with Crippen LogP contribution in [0.15, 0.2) is 47.6 Å². The standard InChI is InChI=1S/C21H27NO2/c1-20(2,3)16-9-12-19(18(13-16)21(4,5)6)24-17-10-7-15(8-11-17)14-22-23/h7-14,23H,1-6H3. The second kappa shape index (κ2) is 6.68. The number of ether oxygens (including phenoxy) is 1. The summed E-state index contributed by atoms with van der Waals surface area (Å²) in [5.41, 5.74) is 3.40. The molecule has 0 spiro atoms. The number of rotatable bonds is 3. The van der Waals surface area contributed by atoms with Gasteiger partial charge in [-0.1, -0.05) is 58.8 Å². The number of benzene rings is 2. The monoisotopic (exact) mass is 325 g/mol. The van der Waals surface area contributed by atoms with Gasteiger partial charge in [0.1, 0.15) is 11.5 Å². The summed E-state index contributed by atoms with van der Waals surface area (Å²) >= 11 is 0. The van der Waals surface area contributed by atoms with Gasteiger partial charge in [0.2, 0.25) is 0 Å². The van der Waals surface area contributed by atoms with Crippen LogP contribution in [0.1, 0.15) is 58.2 Å². The van der Waals surface area contributed by atoms with Gasteiger partial charge in [-0.25, -0.2) is 0 Å². The normalized spacial score (nSPS) is 12.6. The Bertz CT molecular complexity index is 717. The summed E-state index contributed by atoms with van der Waals surface area (Å²) in [6.07, 6.45) is 1.39. The summed E-state index contributed by atoms with van der Waals surface area (Å²) < 4.78 is 6.13. The maximum Gasteiger partial charge on any atom is 0.131 e. The van der Waals surface area contributed by atoms with Gasteiger partial charge in [0.05, 0.1) is 6.21 Å². The topological polar surface area (TPSA) is 41.8 Å². The lowest BCUT2D eigenvalue weighted by Crippen LogP contribution is -2.17. The molecule has 0 heterocycles. The Kier molecular flexibility index (Phi) is 5.02. The van der Waals surface area contributed by atoms with E-state index in [2.05, 4.69) is 64.9 Å². The first-order valence-electron chi connectivity index (χ1n) is 8.21. The Morgan fingerprint density at radius 2 is 1.50 bits per heavy atom. The summed E-state index contributed by atoms with van der Waals surface area (Å²) in [5, 5.41) is 11.6. The van der Waals surface area contributed by atoms with Crippen LogP contribution < -0.4 is 4.74 Å². The van der Waals surface area contributed by atoms with Crippen molar-refractivity contribution < 1.29 is 9.94 Å². The first kappa shape index (κ1) is 18.1. The highest BCUT2D eigenvalue weighted by molar-refractivity contribution is 5.79. The van der Waals surface area contributed by atoms with Crippen LogP contribution in [0.4, 0.5) is 0 Å². The quantitative estimate of drug-likeness (QED) is 0.435. The zero-order valence-corrected chi connectivity index (χ0v) is 15.4. The summed E-state index contributed by atoms with van der Waals surface area (Å²) in [6, 6.07) is 13.9. The number of nitrogens with zero attached hydrogens (tertiary/aromatic N) is 1. The molecule has 0 saturated heterocycles. The van der Waals surface area contributed by atoms with Gasteiger partial charge >= 0.3 is 0 Å². The third kappa shape index (κ3) is 4.38. The molecule has 0 aliphatic rings. The van der Waals surface area contributed by atoms with Crippen LogP contribution in [0.25, 0.3) is 0 Å². The smallest absolute Gasteiger partial charge is 0.131 e. The van der Waals surface area contributed by atoms with Crippen LogP contribution >= 0.6 is 0 Å². The van der Waals surface area contributed by atoms with E-state index >= 15 is 0 Å². The minimum atomic E-state index is -0.0138. The highest BCUT2D eigenvalue weighted by atomic mass is 16.5. The van der Waals surface area contributed by atoms with Gasteiger partial charge in [-0.2, -0.15) is 0 Å². The first-order chi connectivity index (χ1) is 11.1. The molecule has 3 heteroatoms. The molecule has 2 aromatic rings. The Hall–Kier alpha value is -2.29. The average molecular weight is 325 g/mol. The van der Waals surface area contributed by atoms with E-state index in [0.717, 1.165) is 17.1 Å². The van der Waals surface area contributed by atoms with Crippen LogP contribution in [0.2, 0.25) is 0 Å². The van der Waals surface area contributed by atoms with E-state index < -0.39 is 0 Å². The largest absolute Gasteiger partial charge is 0.457 e. The molecule has 2 aromatic carbocycles. The Morgan fingerprint density at radius 1 is 0.875 bits per heavy atom. The molecule has 0 unspecified atom stereocenters. The van der Waals surface area contributed by atoms with Crippen molar-refractivity contribution in [3.05, 3.63) is 59.2 Å². The molecule has 128 valence electrons. The maximum absolute atomic E-state index is 8.58.